The minimum atomic E-state index is 0. The predicted molar refractivity (Wildman–Crippen MR) is 97.3 cm³/mol. The molecule has 6 nitrogen and oxygen atoms in total. The Morgan fingerprint density at radius 2 is 2.00 bits per heavy atom. The van der Waals surface area contributed by atoms with Gasteiger partial charge >= 0.3 is 0 Å². The highest BCUT2D eigenvalue weighted by Gasteiger charge is 2.21. The van der Waals surface area contributed by atoms with Crippen LogP contribution in [0.5, 0.6) is 0 Å². The van der Waals surface area contributed by atoms with Crippen LogP contribution in [0.15, 0.2) is 18.3 Å². The molecule has 1 aromatic heterocycles. The second-order valence-corrected chi connectivity index (χ2v) is 5.31. The first-order chi connectivity index (χ1) is 10.2. The fraction of sp³-hybridized carbons (Fsp3) is 0.571. The second-order valence-electron chi connectivity index (χ2n) is 4.87. The molecule has 1 aromatic rings. The van der Waals surface area contributed by atoms with Gasteiger partial charge in [0.15, 0.2) is 0 Å². The van der Waals surface area contributed by atoms with E-state index in [0.29, 0.717) is 24.7 Å². The molecule has 9 heteroatoms. The largest absolute Gasteiger partial charge is 0.383 e. The van der Waals surface area contributed by atoms with Crippen LogP contribution in [-0.2, 0) is 9.53 Å². The Bertz CT molecular complexity index is 454. The first-order valence-corrected chi connectivity index (χ1v) is 7.42. The van der Waals surface area contributed by atoms with Gasteiger partial charge in [0.2, 0.25) is 5.91 Å². The minimum Gasteiger partial charge on any atom is -0.383 e. The van der Waals surface area contributed by atoms with E-state index in [2.05, 4.69) is 15.2 Å². The highest BCUT2D eigenvalue weighted by molar-refractivity contribution is 6.30. The maximum Gasteiger partial charge on any atom is 0.236 e. The summed E-state index contributed by atoms with van der Waals surface area (Å²) in [4.78, 5) is 20.4. The number of methoxy groups -OCH3 is 1. The molecule has 1 saturated heterocycles. The maximum atomic E-state index is 12.0. The number of piperazine rings is 1. The summed E-state index contributed by atoms with van der Waals surface area (Å²) in [5.41, 5.74) is 0. The first-order valence-electron chi connectivity index (χ1n) is 7.04. The summed E-state index contributed by atoms with van der Waals surface area (Å²) in [7, 11) is 1.65. The molecular weight excluding hydrogens is 363 g/mol. The van der Waals surface area contributed by atoms with Crippen LogP contribution < -0.4 is 10.2 Å². The molecule has 0 saturated carbocycles. The zero-order valence-electron chi connectivity index (χ0n) is 13.0. The number of pyridine rings is 1. The topological polar surface area (TPSA) is 57.7 Å². The van der Waals surface area contributed by atoms with Crippen molar-refractivity contribution in [3.05, 3.63) is 23.4 Å². The van der Waals surface area contributed by atoms with Gasteiger partial charge in [0, 0.05) is 46.0 Å². The number of ether oxygens (including phenoxy) is 1. The third-order valence-electron chi connectivity index (χ3n) is 3.43. The van der Waals surface area contributed by atoms with E-state index < -0.39 is 0 Å². The van der Waals surface area contributed by atoms with Crippen LogP contribution in [0.4, 0.5) is 5.82 Å². The summed E-state index contributed by atoms with van der Waals surface area (Å²) >= 11 is 5.84. The van der Waals surface area contributed by atoms with Crippen molar-refractivity contribution >= 4 is 48.1 Å². The van der Waals surface area contributed by atoms with E-state index in [9.17, 15) is 4.79 Å². The van der Waals surface area contributed by atoms with E-state index in [1.807, 2.05) is 17.0 Å². The van der Waals surface area contributed by atoms with Gasteiger partial charge in [-0.3, -0.25) is 4.79 Å². The molecule has 1 aliphatic heterocycles. The SMILES string of the molecule is COCCNCC(=O)N1CCN(c2ccc(Cl)cn2)CC1.Cl.Cl. The Morgan fingerprint density at radius 1 is 1.30 bits per heavy atom. The molecule has 0 bridgehead atoms. The normalized spacial score (nSPS) is 14.0. The minimum absolute atomic E-state index is 0. The number of aromatic nitrogens is 1. The standard InChI is InChI=1S/C14H21ClN4O2.2ClH/c1-21-9-4-16-11-14(20)19-7-5-18(6-8-19)13-3-2-12(15)10-17-13;;/h2-3,10,16H,4-9,11H2,1H3;2*1H. The summed E-state index contributed by atoms with van der Waals surface area (Å²) in [6.07, 6.45) is 1.65. The van der Waals surface area contributed by atoms with Crippen molar-refractivity contribution in [2.45, 2.75) is 0 Å². The Morgan fingerprint density at radius 3 is 2.57 bits per heavy atom. The van der Waals surface area contributed by atoms with Gasteiger partial charge in [0.05, 0.1) is 18.2 Å². The van der Waals surface area contributed by atoms with Gasteiger partial charge < -0.3 is 19.9 Å². The monoisotopic (exact) mass is 384 g/mol. The van der Waals surface area contributed by atoms with Crippen LogP contribution >= 0.6 is 36.4 Å². The number of anilines is 1. The summed E-state index contributed by atoms with van der Waals surface area (Å²) < 4.78 is 4.93. The molecule has 0 aromatic carbocycles. The van der Waals surface area contributed by atoms with Crippen molar-refractivity contribution in [1.82, 2.24) is 15.2 Å². The number of nitrogens with zero attached hydrogens (tertiary/aromatic N) is 3. The van der Waals surface area contributed by atoms with Crippen LogP contribution in [-0.4, -0.2) is 68.8 Å². The number of nitrogens with one attached hydrogen (secondary N) is 1. The van der Waals surface area contributed by atoms with Crippen molar-refractivity contribution < 1.29 is 9.53 Å². The van der Waals surface area contributed by atoms with Gasteiger partial charge in [-0.25, -0.2) is 4.98 Å². The van der Waals surface area contributed by atoms with Crippen LogP contribution in [0.25, 0.3) is 0 Å². The van der Waals surface area contributed by atoms with Crippen molar-refractivity contribution in [1.29, 1.82) is 0 Å². The van der Waals surface area contributed by atoms with Crippen molar-refractivity contribution in [3.63, 3.8) is 0 Å². The van der Waals surface area contributed by atoms with E-state index in [1.165, 1.54) is 0 Å². The number of carbonyl (C=O) groups excluding carboxylic acids is 1. The lowest BCUT2D eigenvalue weighted by molar-refractivity contribution is -0.130. The predicted octanol–water partition coefficient (Wildman–Crippen LogP) is 1.46. The van der Waals surface area contributed by atoms with E-state index in [0.717, 1.165) is 32.0 Å². The van der Waals surface area contributed by atoms with E-state index in [-0.39, 0.29) is 30.7 Å². The Kier molecular flexibility index (Phi) is 11.3. The number of rotatable bonds is 6. The van der Waals surface area contributed by atoms with Crippen molar-refractivity contribution in [2.24, 2.45) is 0 Å². The summed E-state index contributed by atoms with van der Waals surface area (Å²) in [5.74, 6) is 1.04. The second kappa shape index (κ2) is 11.7. The molecule has 2 rings (SSSR count). The molecule has 0 spiro atoms. The zero-order chi connectivity index (χ0) is 15.1. The van der Waals surface area contributed by atoms with Gasteiger partial charge in [0.1, 0.15) is 5.82 Å². The number of hydrogen-bond donors (Lipinski definition) is 1. The number of amides is 1. The molecule has 0 radical (unpaired) electrons. The molecule has 23 heavy (non-hydrogen) atoms. The van der Waals surface area contributed by atoms with E-state index in [4.69, 9.17) is 16.3 Å². The summed E-state index contributed by atoms with van der Waals surface area (Å²) in [5, 5.41) is 3.71. The molecule has 1 amide bonds. The highest BCUT2D eigenvalue weighted by Crippen LogP contribution is 2.16. The van der Waals surface area contributed by atoms with Gasteiger partial charge in [-0.1, -0.05) is 11.6 Å². The fourth-order valence-corrected chi connectivity index (χ4v) is 2.33. The lowest BCUT2D eigenvalue weighted by Gasteiger charge is -2.35. The van der Waals surface area contributed by atoms with Crippen LogP contribution in [0.3, 0.4) is 0 Å². The smallest absolute Gasteiger partial charge is 0.236 e. The average molecular weight is 386 g/mol. The molecule has 1 fully saturated rings. The lowest BCUT2D eigenvalue weighted by Crippen LogP contribution is -2.51. The molecule has 1 N–H and O–H groups in total. The maximum absolute atomic E-state index is 12.0. The zero-order valence-corrected chi connectivity index (χ0v) is 15.4. The first kappa shape index (κ1) is 22.2. The molecule has 0 aliphatic carbocycles. The third kappa shape index (κ3) is 7.10. The van der Waals surface area contributed by atoms with Crippen LogP contribution in [0.2, 0.25) is 5.02 Å². The fourth-order valence-electron chi connectivity index (χ4n) is 2.22. The molecule has 0 unspecified atom stereocenters. The van der Waals surface area contributed by atoms with E-state index in [1.54, 1.807) is 13.3 Å². The molecule has 1 aliphatic rings. The van der Waals surface area contributed by atoms with Gasteiger partial charge in [0.25, 0.3) is 0 Å². The summed E-state index contributed by atoms with van der Waals surface area (Å²) in [6.45, 7) is 4.68. The number of carbonyl (C=O) groups is 1. The summed E-state index contributed by atoms with van der Waals surface area (Å²) in [6, 6.07) is 3.74. The van der Waals surface area contributed by atoms with Crippen molar-refractivity contribution in [2.75, 3.05) is 57.9 Å². The quantitative estimate of drug-likeness (QED) is 0.751. The Hall–Kier alpha value is -0.790. The Labute approximate surface area is 154 Å². The molecule has 132 valence electrons. The van der Waals surface area contributed by atoms with Gasteiger partial charge in [-0.15, -0.1) is 24.8 Å². The number of halogens is 3. The average Bonchev–Trinajstić information content (AvgIpc) is 2.52. The van der Waals surface area contributed by atoms with Gasteiger partial charge in [-0.2, -0.15) is 0 Å². The number of hydrogen-bond acceptors (Lipinski definition) is 5. The third-order valence-corrected chi connectivity index (χ3v) is 3.65. The van der Waals surface area contributed by atoms with Gasteiger partial charge in [-0.05, 0) is 12.1 Å². The van der Waals surface area contributed by atoms with Crippen LogP contribution in [0, 0.1) is 0 Å². The molecule has 2 heterocycles. The molecular formula is C14H23Cl3N4O2. The molecule has 0 atom stereocenters. The van der Waals surface area contributed by atoms with E-state index >= 15 is 0 Å². The van der Waals surface area contributed by atoms with Crippen molar-refractivity contribution in [3.8, 4) is 0 Å². The Balaban J connectivity index is 0.00000242. The van der Waals surface area contributed by atoms with Crippen LogP contribution in [0.1, 0.15) is 0 Å². The lowest BCUT2D eigenvalue weighted by atomic mass is 10.3. The highest BCUT2D eigenvalue weighted by atomic mass is 35.5.